The largest absolute Gasteiger partial charge is 0.358 e. The number of nitrogens with zero attached hydrogens (tertiary/aromatic N) is 5. The topological polar surface area (TPSA) is 45.2 Å². The van der Waals surface area contributed by atoms with Crippen LogP contribution in [0, 0.1) is 6.92 Å². The third kappa shape index (κ3) is 3.93. The van der Waals surface area contributed by atoms with Crippen LogP contribution in [-0.2, 0) is 0 Å². The Morgan fingerprint density at radius 3 is 2.68 bits per heavy atom. The van der Waals surface area contributed by atoms with E-state index in [4.69, 9.17) is 0 Å². The van der Waals surface area contributed by atoms with Crippen LogP contribution in [-0.4, -0.2) is 35.3 Å². The van der Waals surface area contributed by atoms with Crippen LogP contribution < -0.4 is 9.80 Å². The lowest BCUT2D eigenvalue weighted by molar-refractivity contribution is 0.751. The molecule has 2 rings (SSSR count). The van der Waals surface area contributed by atoms with Crippen molar-refractivity contribution in [3.63, 3.8) is 0 Å². The van der Waals surface area contributed by atoms with Gasteiger partial charge in [0.1, 0.15) is 0 Å². The first-order valence-corrected chi connectivity index (χ1v) is 7.90. The van der Waals surface area contributed by atoms with Crippen molar-refractivity contribution >= 4 is 17.5 Å². The number of hydrogen-bond donors (Lipinski definition) is 0. The summed E-state index contributed by atoms with van der Waals surface area (Å²) in [6.45, 7) is 8.15. The van der Waals surface area contributed by atoms with Gasteiger partial charge in [0, 0.05) is 25.8 Å². The molecule has 0 atom stereocenters. The lowest BCUT2D eigenvalue weighted by atomic mass is 10.2. The van der Waals surface area contributed by atoms with Crippen molar-refractivity contribution in [2.75, 3.05) is 29.9 Å². The zero-order valence-corrected chi connectivity index (χ0v) is 14.0. The molecule has 1 aromatic heterocycles. The average molecular weight is 299 g/mol. The summed E-state index contributed by atoms with van der Waals surface area (Å²) < 4.78 is 0. The van der Waals surface area contributed by atoms with E-state index in [2.05, 4.69) is 70.0 Å². The molecular formula is C17H25N5. The van der Waals surface area contributed by atoms with Crippen LogP contribution in [0.1, 0.15) is 32.3 Å². The molecule has 5 heteroatoms. The molecule has 0 aliphatic heterocycles. The van der Waals surface area contributed by atoms with Gasteiger partial charge in [0.05, 0.1) is 6.20 Å². The monoisotopic (exact) mass is 299 g/mol. The third-order valence-corrected chi connectivity index (χ3v) is 3.64. The Balaban J connectivity index is 2.26. The average Bonchev–Trinajstić information content (AvgIpc) is 2.54. The van der Waals surface area contributed by atoms with Crippen molar-refractivity contribution in [1.82, 2.24) is 15.2 Å². The number of unbranched alkanes of at least 4 members (excludes halogenated alkanes) is 1. The number of anilines is 3. The summed E-state index contributed by atoms with van der Waals surface area (Å²) >= 11 is 0. The maximum Gasteiger partial charge on any atom is 0.251 e. The summed E-state index contributed by atoms with van der Waals surface area (Å²) in [6.07, 6.45) is 4.04. The van der Waals surface area contributed by atoms with E-state index >= 15 is 0 Å². The normalized spacial score (nSPS) is 10.5. The molecule has 5 nitrogen and oxygen atoms in total. The second-order valence-corrected chi connectivity index (χ2v) is 5.47. The SMILES string of the molecule is CCCCN(C)c1cnnc(N(CC)c2cccc(C)c2)n1. The second kappa shape index (κ2) is 7.73. The fraction of sp³-hybridized carbons (Fsp3) is 0.471. The predicted molar refractivity (Wildman–Crippen MR) is 91.9 cm³/mol. The number of benzene rings is 1. The van der Waals surface area contributed by atoms with E-state index in [0.29, 0.717) is 5.95 Å². The predicted octanol–water partition coefficient (Wildman–Crippen LogP) is 3.57. The second-order valence-electron chi connectivity index (χ2n) is 5.47. The summed E-state index contributed by atoms with van der Waals surface area (Å²) in [4.78, 5) is 8.89. The van der Waals surface area contributed by atoms with E-state index in [1.54, 1.807) is 6.20 Å². The van der Waals surface area contributed by atoms with E-state index < -0.39 is 0 Å². The molecule has 0 radical (unpaired) electrons. The first-order chi connectivity index (χ1) is 10.7. The van der Waals surface area contributed by atoms with Crippen molar-refractivity contribution < 1.29 is 0 Å². The zero-order valence-electron chi connectivity index (χ0n) is 14.0. The Hall–Kier alpha value is -2.17. The number of aromatic nitrogens is 3. The molecule has 0 aliphatic rings. The molecule has 0 fully saturated rings. The highest BCUT2D eigenvalue weighted by atomic mass is 15.3. The quantitative estimate of drug-likeness (QED) is 0.782. The molecule has 1 aromatic carbocycles. The highest BCUT2D eigenvalue weighted by molar-refractivity contribution is 5.58. The highest BCUT2D eigenvalue weighted by Crippen LogP contribution is 2.23. The number of rotatable bonds is 7. The lowest BCUT2D eigenvalue weighted by Gasteiger charge is -2.23. The Morgan fingerprint density at radius 2 is 2.00 bits per heavy atom. The maximum absolute atomic E-state index is 4.68. The van der Waals surface area contributed by atoms with E-state index in [0.717, 1.165) is 31.0 Å². The Kier molecular flexibility index (Phi) is 5.69. The molecule has 0 saturated heterocycles. The molecule has 0 bridgehead atoms. The fourth-order valence-electron chi connectivity index (χ4n) is 2.33. The molecule has 0 unspecified atom stereocenters. The van der Waals surface area contributed by atoms with Crippen molar-refractivity contribution in [2.45, 2.75) is 33.6 Å². The molecule has 0 aliphatic carbocycles. The van der Waals surface area contributed by atoms with Gasteiger partial charge in [0.25, 0.3) is 5.95 Å². The van der Waals surface area contributed by atoms with Crippen molar-refractivity contribution in [3.05, 3.63) is 36.0 Å². The summed E-state index contributed by atoms with van der Waals surface area (Å²) in [5, 5.41) is 8.35. The number of aryl methyl sites for hydroxylation is 1. The van der Waals surface area contributed by atoms with Gasteiger partial charge in [0.2, 0.25) is 0 Å². The maximum atomic E-state index is 4.68. The molecule has 2 aromatic rings. The zero-order chi connectivity index (χ0) is 15.9. The molecule has 1 heterocycles. The van der Waals surface area contributed by atoms with E-state index in [9.17, 15) is 0 Å². The smallest absolute Gasteiger partial charge is 0.251 e. The van der Waals surface area contributed by atoms with Gasteiger partial charge < -0.3 is 9.80 Å². The molecular weight excluding hydrogens is 274 g/mol. The van der Waals surface area contributed by atoms with Gasteiger partial charge >= 0.3 is 0 Å². The van der Waals surface area contributed by atoms with Crippen LogP contribution in [0.5, 0.6) is 0 Å². The van der Waals surface area contributed by atoms with E-state index in [-0.39, 0.29) is 0 Å². The highest BCUT2D eigenvalue weighted by Gasteiger charge is 2.13. The van der Waals surface area contributed by atoms with E-state index in [1.165, 1.54) is 12.0 Å². The Morgan fingerprint density at radius 1 is 1.18 bits per heavy atom. The first-order valence-electron chi connectivity index (χ1n) is 7.90. The van der Waals surface area contributed by atoms with Gasteiger partial charge in [-0.15, -0.1) is 5.10 Å². The molecule has 0 saturated carbocycles. The minimum Gasteiger partial charge on any atom is -0.358 e. The number of hydrogen-bond acceptors (Lipinski definition) is 5. The summed E-state index contributed by atoms with van der Waals surface area (Å²) in [5.74, 6) is 1.51. The standard InChI is InChI=1S/C17H25N5/c1-5-7-11-21(4)16-13-18-20-17(19-16)22(6-2)15-10-8-9-14(3)12-15/h8-10,12-13H,5-7,11H2,1-4H3. The van der Waals surface area contributed by atoms with Crippen LogP contribution in [0.25, 0.3) is 0 Å². The first kappa shape index (κ1) is 16.2. The Labute approximate surface area is 133 Å². The van der Waals surface area contributed by atoms with Crippen LogP contribution in [0.2, 0.25) is 0 Å². The van der Waals surface area contributed by atoms with E-state index in [1.807, 2.05) is 7.05 Å². The van der Waals surface area contributed by atoms with Crippen molar-refractivity contribution in [2.24, 2.45) is 0 Å². The molecule has 22 heavy (non-hydrogen) atoms. The van der Waals surface area contributed by atoms with Gasteiger partial charge in [-0.25, -0.2) is 0 Å². The minimum absolute atomic E-state index is 0.647. The van der Waals surface area contributed by atoms with Crippen LogP contribution in [0.3, 0.4) is 0 Å². The van der Waals surface area contributed by atoms with Gasteiger partial charge in [0.15, 0.2) is 5.82 Å². The van der Waals surface area contributed by atoms with Crippen molar-refractivity contribution in [1.29, 1.82) is 0 Å². The summed E-state index contributed by atoms with van der Waals surface area (Å²) in [7, 11) is 2.05. The molecule has 0 spiro atoms. The van der Waals surface area contributed by atoms with Gasteiger partial charge in [-0.2, -0.15) is 10.1 Å². The van der Waals surface area contributed by atoms with Crippen molar-refractivity contribution in [3.8, 4) is 0 Å². The fourth-order valence-corrected chi connectivity index (χ4v) is 2.33. The Bertz CT molecular complexity index is 599. The molecule has 0 N–H and O–H groups in total. The van der Waals surface area contributed by atoms with Gasteiger partial charge in [-0.05, 0) is 38.0 Å². The minimum atomic E-state index is 0.647. The van der Waals surface area contributed by atoms with Gasteiger partial charge in [-0.3, -0.25) is 0 Å². The molecule has 118 valence electrons. The van der Waals surface area contributed by atoms with Crippen LogP contribution in [0.15, 0.2) is 30.5 Å². The van der Waals surface area contributed by atoms with Crippen LogP contribution >= 0.6 is 0 Å². The van der Waals surface area contributed by atoms with Crippen LogP contribution in [0.4, 0.5) is 17.5 Å². The van der Waals surface area contributed by atoms with Gasteiger partial charge in [-0.1, -0.05) is 25.5 Å². The molecule has 0 amide bonds. The third-order valence-electron chi connectivity index (χ3n) is 3.64. The lowest BCUT2D eigenvalue weighted by Crippen LogP contribution is -2.23. The summed E-state index contributed by atoms with van der Waals surface area (Å²) in [5.41, 5.74) is 2.32. The summed E-state index contributed by atoms with van der Waals surface area (Å²) in [6, 6.07) is 8.36.